The van der Waals surface area contributed by atoms with E-state index in [1.807, 2.05) is 19.1 Å². The van der Waals surface area contributed by atoms with E-state index in [0.29, 0.717) is 0 Å². The minimum absolute atomic E-state index is 0.102. The topological polar surface area (TPSA) is 51.2 Å². The molecule has 2 aromatic rings. The number of hydrogen-bond donors (Lipinski definition) is 1. The number of carbonyl (C=O) groups excluding carboxylic acids is 1. The summed E-state index contributed by atoms with van der Waals surface area (Å²) in [6, 6.07) is 7.42. The van der Waals surface area contributed by atoms with Gasteiger partial charge in [-0.1, -0.05) is 11.6 Å². The van der Waals surface area contributed by atoms with Gasteiger partial charge in [-0.25, -0.2) is 9.78 Å². The number of hydrogen-bond acceptors (Lipinski definition) is 5. The Labute approximate surface area is 120 Å². The van der Waals surface area contributed by atoms with Gasteiger partial charge in [0.2, 0.25) is 0 Å². The Morgan fingerprint density at radius 3 is 2.89 bits per heavy atom. The molecule has 0 saturated carbocycles. The maximum atomic E-state index is 11.4. The number of rotatable bonds is 4. The molecule has 2 rings (SSSR count). The molecule has 0 fully saturated rings. The third-order valence-corrected chi connectivity index (χ3v) is 3.97. The van der Waals surface area contributed by atoms with Gasteiger partial charge in [0, 0.05) is 16.8 Å². The summed E-state index contributed by atoms with van der Waals surface area (Å²) in [4.78, 5) is 16.5. The van der Waals surface area contributed by atoms with E-state index >= 15 is 0 Å². The van der Waals surface area contributed by atoms with E-state index in [9.17, 15) is 4.79 Å². The number of aromatic nitrogens is 1. The van der Waals surface area contributed by atoms with Crippen molar-refractivity contribution in [3.8, 4) is 0 Å². The molecule has 1 unspecified atom stereocenters. The summed E-state index contributed by atoms with van der Waals surface area (Å²) in [5, 5.41) is 3.29. The monoisotopic (exact) mass is 296 g/mol. The zero-order chi connectivity index (χ0) is 13.8. The fraction of sp³-hybridized carbons (Fsp3) is 0.231. The van der Waals surface area contributed by atoms with E-state index < -0.39 is 5.97 Å². The highest BCUT2D eigenvalue weighted by molar-refractivity contribution is 7.16. The van der Waals surface area contributed by atoms with E-state index in [1.54, 1.807) is 18.3 Å². The molecule has 2 aromatic heterocycles. The average molecular weight is 297 g/mol. The lowest BCUT2D eigenvalue weighted by atomic mass is 10.2. The van der Waals surface area contributed by atoms with Crippen LogP contribution in [0.4, 0.5) is 5.69 Å². The number of nitrogens with zero attached hydrogens (tertiary/aromatic N) is 1. The van der Waals surface area contributed by atoms with Crippen molar-refractivity contribution in [2.45, 2.75) is 13.0 Å². The first-order valence-corrected chi connectivity index (χ1v) is 6.85. The Kier molecular flexibility index (Phi) is 4.39. The molecule has 0 aliphatic rings. The number of pyridine rings is 1. The zero-order valence-corrected chi connectivity index (χ0v) is 12.1. The van der Waals surface area contributed by atoms with Gasteiger partial charge in [0.25, 0.3) is 0 Å². The Balaban J connectivity index is 2.12. The van der Waals surface area contributed by atoms with E-state index in [4.69, 9.17) is 11.6 Å². The van der Waals surface area contributed by atoms with Crippen molar-refractivity contribution in [3.63, 3.8) is 0 Å². The molecule has 1 atom stereocenters. The number of thiophene rings is 1. The second-order valence-electron chi connectivity index (χ2n) is 3.93. The third kappa shape index (κ3) is 3.45. The van der Waals surface area contributed by atoms with Crippen LogP contribution in [-0.2, 0) is 4.74 Å². The van der Waals surface area contributed by atoms with Crippen molar-refractivity contribution >= 4 is 34.6 Å². The second-order valence-corrected chi connectivity index (χ2v) is 5.68. The number of carbonyl (C=O) groups is 1. The van der Waals surface area contributed by atoms with E-state index in [1.165, 1.54) is 18.4 Å². The molecule has 2 heterocycles. The zero-order valence-electron chi connectivity index (χ0n) is 10.5. The summed E-state index contributed by atoms with van der Waals surface area (Å²) < 4.78 is 5.40. The van der Waals surface area contributed by atoms with Gasteiger partial charge in [-0.3, -0.25) is 0 Å². The smallest absolute Gasteiger partial charge is 0.356 e. The highest BCUT2D eigenvalue weighted by Gasteiger charge is 2.11. The summed E-state index contributed by atoms with van der Waals surface area (Å²) >= 11 is 7.44. The molecule has 0 aliphatic carbocycles. The van der Waals surface area contributed by atoms with Gasteiger partial charge in [0.15, 0.2) is 0 Å². The maximum Gasteiger partial charge on any atom is 0.356 e. The lowest BCUT2D eigenvalue weighted by molar-refractivity contribution is 0.0594. The van der Waals surface area contributed by atoms with Crippen LogP contribution in [0.15, 0.2) is 30.5 Å². The van der Waals surface area contributed by atoms with Crippen LogP contribution >= 0.6 is 22.9 Å². The largest absolute Gasteiger partial charge is 0.464 e. The molecule has 4 nitrogen and oxygen atoms in total. The van der Waals surface area contributed by atoms with E-state index in [0.717, 1.165) is 14.9 Å². The predicted molar refractivity (Wildman–Crippen MR) is 76.9 cm³/mol. The molecule has 0 aromatic carbocycles. The number of methoxy groups -OCH3 is 1. The molecular formula is C13H13ClN2O2S. The minimum atomic E-state index is -0.449. The Morgan fingerprint density at radius 1 is 1.47 bits per heavy atom. The second kappa shape index (κ2) is 6.04. The van der Waals surface area contributed by atoms with Crippen molar-refractivity contribution in [2.24, 2.45) is 0 Å². The van der Waals surface area contributed by atoms with Crippen LogP contribution in [-0.4, -0.2) is 18.1 Å². The first kappa shape index (κ1) is 13.8. The molecule has 19 heavy (non-hydrogen) atoms. The SMILES string of the molecule is COC(=O)c1cc(NC(C)c2ccc(Cl)s2)ccn1. The van der Waals surface area contributed by atoms with Crippen LogP contribution in [0.5, 0.6) is 0 Å². The molecule has 100 valence electrons. The molecule has 6 heteroatoms. The van der Waals surface area contributed by atoms with E-state index in [-0.39, 0.29) is 11.7 Å². The number of anilines is 1. The van der Waals surface area contributed by atoms with Crippen LogP contribution < -0.4 is 5.32 Å². The molecule has 0 aliphatic heterocycles. The molecular weight excluding hydrogens is 284 g/mol. The van der Waals surface area contributed by atoms with Crippen molar-refractivity contribution in [2.75, 3.05) is 12.4 Å². The van der Waals surface area contributed by atoms with Crippen LogP contribution in [0.2, 0.25) is 4.34 Å². The molecule has 0 saturated heterocycles. The summed E-state index contributed by atoms with van der Waals surface area (Å²) in [6.07, 6.45) is 1.57. The number of ether oxygens (including phenoxy) is 1. The lowest BCUT2D eigenvalue weighted by Crippen LogP contribution is -2.08. The highest BCUT2D eigenvalue weighted by atomic mass is 35.5. The quantitative estimate of drug-likeness (QED) is 0.873. The number of halogens is 1. The summed E-state index contributed by atoms with van der Waals surface area (Å²) in [6.45, 7) is 2.03. The Morgan fingerprint density at radius 2 is 2.26 bits per heavy atom. The standard InChI is InChI=1S/C13H13ClN2O2S/c1-8(11-3-4-12(14)19-11)16-9-5-6-15-10(7-9)13(17)18-2/h3-8H,1-2H3,(H,15,16). The number of esters is 1. The maximum absolute atomic E-state index is 11.4. The van der Waals surface area contributed by atoms with Crippen molar-refractivity contribution in [1.82, 2.24) is 4.98 Å². The Hall–Kier alpha value is -1.59. The highest BCUT2D eigenvalue weighted by Crippen LogP contribution is 2.28. The molecule has 0 amide bonds. The predicted octanol–water partition coefficient (Wildman–Crippen LogP) is 3.76. The van der Waals surface area contributed by atoms with Gasteiger partial charge in [-0.05, 0) is 31.2 Å². The van der Waals surface area contributed by atoms with Gasteiger partial charge in [-0.2, -0.15) is 0 Å². The van der Waals surface area contributed by atoms with Crippen LogP contribution in [0.1, 0.15) is 28.3 Å². The van der Waals surface area contributed by atoms with Crippen molar-refractivity contribution < 1.29 is 9.53 Å². The molecule has 1 N–H and O–H groups in total. The summed E-state index contributed by atoms with van der Waals surface area (Å²) in [7, 11) is 1.33. The van der Waals surface area contributed by atoms with Gasteiger partial charge >= 0.3 is 5.97 Å². The van der Waals surface area contributed by atoms with Gasteiger partial charge in [-0.15, -0.1) is 11.3 Å². The average Bonchev–Trinajstić information content (AvgIpc) is 2.85. The fourth-order valence-electron chi connectivity index (χ4n) is 1.62. The van der Waals surface area contributed by atoms with Gasteiger partial charge in [0.1, 0.15) is 5.69 Å². The first-order chi connectivity index (χ1) is 9.10. The third-order valence-electron chi connectivity index (χ3n) is 2.56. The normalized spacial score (nSPS) is 11.9. The van der Waals surface area contributed by atoms with Crippen LogP contribution in [0.3, 0.4) is 0 Å². The molecule has 0 bridgehead atoms. The summed E-state index contributed by atoms with van der Waals surface area (Å²) in [5.41, 5.74) is 1.09. The van der Waals surface area contributed by atoms with E-state index in [2.05, 4.69) is 15.0 Å². The molecule has 0 radical (unpaired) electrons. The van der Waals surface area contributed by atoms with Gasteiger partial charge in [0.05, 0.1) is 17.5 Å². The first-order valence-electron chi connectivity index (χ1n) is 5.66. The number of nitrogens with one attached hydrogen (secondary N) is 1. The van der Waals surface area contributed by atoms with Gasteiger partial charge < -0.3 is 10.1 Å². The summed E-state index contributed by atoms with van der Waals surface area (Å²) in [5.74, 6) is -0.449. The van der Waals surface area contributed by atoms with Crippen molar-refractivity contribution in [3.05, 3.63) is 45.4 Å². The molecule has 0 spiro atoms. The van der Waals surface area contributed by atoms with Crippen molar-refractivity contribution in [1.29, 1.82) is 0 Å². The van der Waals surface area contributed by atoms with Crippen LogP contribution in [0, 0.1) is 0 Å². The van der Waals surface area contributed by atoms with Crippen LogP contribution in [0.25, 0.3) is 0 Å². The lowest BCUT2D eigenvalue weighted by Gasteiger charge is -2.13. The Bertz CT molecular complexity index is 586. The minimum Gasteiger partial charge on any atom is -0.464 e. The fourth-order valence-corrected chi connectivity index (χ4v) is 2.68.